The van der Waals surface area contributed by atoms with Crippen LogP contribution in [-0.2, 0) is 28.3 Å². The molecule has 3 rings (SSSR count). The first kappa shape index (κ1) is 21.1. The largest absolute Gasteiger partial charge is 0.364 e. The molecule has 1 aliphatic heterocycles. The zero-order chi connectivity index (χ0) is 21.2. The van der Waals surface area contributed by atoms with Crippen molar-refractivity contribution >= 4 is 27.5 Å². The highest BCUT2D eigenvalue weighted by molar-refractivity contribution is 7.89. The summed E-state index contributed by atoms with van der Waals surface area (Å²) in [5.41, 5.74) is 7.34. The molecule has 9 heteroatoms. The van der Waals surface area contributed by atoms with E-state index in [-0.39, 0.29) is 35.5 Å². The molecule has 0 spiro atoms. The van der Waals surface area contributed by atoms with Crippen LogP contribution in [0.3, 0.4) is 0 Å². The molecule has 1 fully saturated rings. The minimum absolute atomic E-state index is 0.0349. The van der Waals surface area contributed by atoms with Crippen molar-refractivity contribution in [2.75, 3.05) is 18.4 Å². The van der Waals surface area contributed by atoms with E-state index in [1.165, 1.54) is 26.7 Å². The number of primary amides is 1. The standard InChI is InChI=1S/C20H26N4O4S/c1-3-14-4-6-16(7-5-14)22-20(26)15-8-10-24(11-9-15)29(27,28)17-12-18(19(21)25)23(2)13-17/h4-7,12-13,15H,3,8-11H2,1-2H3,(H2,21,25)(H,22,26). The van der Waals surface area contributed by atoms with E-state index in [4.69, 9.17) is 5.73 Å². The van der Waals surface area contributed by atoms with Gasteiger partial charge in [-0.1, -0.05) is 19.1 Å². The zero-order valence-corrected chi connectivity index (χ0v) is 17.4. The first-order valence-corrected chi connectivity index (χ1v) is 11.0. The summed E-state index contributed by atoms with van der Waals surface area (Å²) in [6.07, 6.45) is 3.19. The lowest BCUT2D eigenvalue weighted by Gasteiger charge is -2.30. The Morgan fingerprint density at radius 1 is 1.17 bits per heavy atom. The van der Waals surface area contributed by atoms with Gasteiger partial charge in [0.2, 0.25) is 15.9 Å². The van der Waals surface area contributed by atoms with Gasteiger partial charge in [-0.05, 0) is 43.0 Å². The van der Waals surface area contributed by atoms with E-state index in [9.17, 15) is 18.0 Å². The van der Waals surface area contributed by atoms with Gasteiger partial charge in [-0.25, -0.2) is 8.42 Å². The number of amides is 2. The Labute approximate surface area is 170 Å². The molecule has 1 saturated heterocycles. The number of hydrogen-bond acceptors (Lipinski definition) is 4. The van der Waals surface area contributed by atoms with Gasteiger partial charge < -0.3 is 15.6 Å². The van der Waals surface area contributed by atoms with Crippen LogP contribution >= 0.6 is 0 Å². The van der Waals surface area contributed by atoms with Crippen molar-refractivity contribution in [1.29, 1.82) is 0 Å². The van der Waals surface area contributed by atoms with Crippen LogP contribution in [0, 0.1) is 5.92 Å². The van der Waals surface area contributed by atoms with Crippen molar-refractivity contribution in [3.63, 3.8) is 0 Å². The summed E-state index contributed by atoms with van der Waals surface area (Å²) in [7, 11) is -2.17. The highest BCUT2D eigenvalue weighted by atomic mass is 32.2. The number of carbonyl (C=O) groups excluding carboxylic acids is 2. The van der Waals surface area contributed by atoms with Gasteiger partial charge in [0.05, 0.1) is 0 Å². The normalized spacial score (nSPS) is 15.9. The van der Waals surface area contributed by atoms with Crippen LogP contribution in [0.25, 0.3) is 0 Å². The van der Waals surface area contributed by atoms with E-state index in [2.05, 4.69) is 12.2 Å². The Bertz CT molecular complexity index is 1000. The fraction of sp³-hybridized carbons (Fsp3) is 0.400. The summed E-state index contributed by atoms with van der Waals surface area (Å²) in [4.78, 5) is 24.0. The molecule has 0 aliphatic carbocycles. The summed E-state index contributed by atoms with van der Waals surface area (Å²) in [5, 5.41) is 2.91. The number of nitrogens with two attached hydrogens (primary N) is 1. The Hall–Kier alpha value is -2.65. The predicted molar refractivity (Wildman–Crippen MR) is 110 cm³/mol. The molecule has 2 heterocycles. The summed E-state index contributed by atoms with van der Waals surface area (Å²) in [6.45, 7) is 2.56. The Kier molecular flexibility index (Phi) is 6.09. The molecule has 1 aromatic heterocycles. The van der Waals surface area contributed by atoms with E-state index < -0.39 is 15.9 Å². The summed E-state index contributed by atoms with van der Waals surface area (Å²) >= 11 is 0. The maximum atomic E-state index is 12.9. The number of aryl methyl sites for hydroxylation is 2. The van der Waals surface area contributed by atoms with Crippen LogP contribution in [0.2, 0.25) is 0 Å². The van der Waals surface area contributed by atoms with E-state index in [0.29, 0.717) is 12.8 Å². The molecule has 0 radical (unpaired) electrons. The average Bonchev–Trinajstić information content (AvgIpc) is 3.11. The molecule has 8 nitrogen and oxygen atoms in total. The van der Waals surface area contributed by atoms with Crippen molar-refractivity contribution in [3.05, 3.63) is 47.8 Å². The second-order valence-corrected chi connectivity index (χ2v) is 9.19. The number of benzene rings is 1. The molecule has 3 N–H and O–H groups in total. The van der Waals surface area contributed by atoms with Crippen molar-refractivity contribution in [1.82, 2.24) is 8.87 Å². The second kappa shape index (κ2) is 8.38. The van der Waals surface area contributed by atoms with E-state index in [1.54, 1.807) is 7.05 Å². The van der Waals surface area contributed by atoms with Crippen LogP contribution in [0.15, 0.2) is 41.4 Å². The maximum Gasteiger partial charge on any atom is 0.265 e. The number of hydrogen-bond donors (Lipinski definition) is 2. The first-order chi connectivity index (χ1) is 13.7. The molecule has 1 aliphatic rings. The smallest absolute Gasteiger partial charge is 0.265 e. The molecule has 1 aromatic carbocycles. The Morgan fingerprint density at radius 2 is 1.79 bits per heavy atom. The van der Waals surface area contributed by atoms with Gasteiger partial charge in [-0.15, -0.1) is 0 Å². The van der Waals surface area contributed by atoms with Gasteiger partial charge in [0.15, 0.2) is 0 Å². The molecule has 2 aromatic rings. The molecule has 2 amide bonds. The van der Waals surface area contributed by atoms with E-state index in [0.717, 1.165) is 12.1 Å². The van der Waals surface area contributed by atoms with Gasteiger partial charge in [0.1, 0.15) is 10.6 Å². The number of rotatable bonds is 6. The highest BCUT2D eigenvalue weighted by Crippen LogP contribution is 2.26. The summed E-state index contributed by atoms with van der Waals surface area (Å²) in [5.74, 6) is -1.03. The SMILES string of the molecule is CCc1ccc(NC(=O)C2CCN(S(=O)(=O)c3cc(C(N)=O)n(C)c3)CC2)cc1. The monoisotopic (exact) mass is 418 g/mol. The van der Waals surface area contributed by atoms with Crippen molar-refractivity contribution in [2.24, 2.45) is 18.7 Å². The topological polar surface area (TPSA) is 114 Å². The lowest BCUT2D eigenvalue weighted by atomic mass is 9.97. The van der Waals surface area contributed by atoms with Gasteiger partial charge in [0.25, 0.3) is 5.91 Å². The Balaban J connectivity index is 1.62. The summed E-state index contributed by atoms with van der Waals surface area (Å²) < 4.78 is 28.5. The van der Waals surface area contributed by atoms with Gasteiger partial charge in [-0.2, -0.15) is 4.31 Å². The molecular formula is C20H26N4O4S. The number of carbonyl (C=O) groups is 2. The number of nitrogens with one attached hydrogen (secondary N) is 1. The third kappa shape index (κ3) is 4.51. The van der Waals surface area contributed by atoms with Gasteiger partial charge in [0, 0.05) is 37.9 Å². The van der Waals surface area contributed by atoms with Crippen molar-refractivity contribution in [2.45, 2.75) is 31.1 Å². The minimum atomic E-state index is -3.74. The second-order valence-electron chi connectivity index (χ2n) is 7.25. The number of nitrogens with zero attached hydrogens (tertiary/aromatic N) is 2. The number of anilines is 1. The fourth-order valence-electron chi connectivity index (χ4n) is 3.50. The fourth-order valence-corrected chi connectivity index (χ4v) is 5.04. The van der Waals surface area contributed by atoms with Crippen LogP contribution in [0.5, 0.6) is 0 Å². The van der Waals surface area contributed by atoms with Crippen molar-refractivity contribution < 1.29 is 18.0 Å². The van der Waals surface area contributed by atoms with Crippen LogP contribution in [-0.4, -0.2) is 42.2 Å². The summed E-state index contributed by atoms with van der Waals surface area (Å²) in [6, 6.07) is 9.00. The van der Waals surface area contributed by atoms with E-state index in [1.807, 2.05) is 24.3 Å². The third-order valence-corrected chi connectivity index (χ3v) is 7.19. The molecule has 0 saturated carbocycles. The minimum Gasteiger partial charge on any atom is -0.364 e. The quantitative estimate of drug-likeness (QED) is 0.743. The molecule has 0 unspecified atom stereocenters. The predicted octanol–water partition coefficient (Wildman–Crippen LogP) is 1.73. The molecular weight excluding hydrogens is 392 g/mol. The number of aromatic nitrogens is 1. The molecule has 0 atom stereocenters. The van der Waals surface area contributed by atoms with Crippen LogP contribution in [0.4, 0.5) is 5.69 Å². The first-order valence-electron chi connectivity index (χ1n) is 9.58. The van der Waals surface area contributed by atoms with Crippen LogP contribution in [0.1, 0.15) is 35.8 Å². The highest BCUT2D eigenvalue weighted by Gasteiger charge is 2.33. The zero-order valence-electron chi connectivity index (χ0n) is 16.6. The molecule has 29 heavy (non-hydrogen) atoms. The maximum absolute atomic E-state index is 12.9. The van der Waals surface area contributed by atoms with Gasteiger partial charge >= 0.3 is 0 Å². The van der Waals surface area contributed by atoms with Crippen molar-refractivity contribution in [3.8, 4) is 0 Å². The molecule has 0 bridgehead atoms. The third-order valence-electron chi connectivity index (χ3n) is 5.32. The number of sulfonamides is 1. The van der Waals surface area contributed by atoms with Crippen LogP contribution < -0.4 is 11.1 Å². The molecule has 156 valence electrons. The van der Waals surface area contributed by atoms with E-state index >= 15 is 0 Å². The Morgan fingerprint density at radius 3 is 2.31 bits per heavy atom. The lowest BCUT2D eigenvalue weighted by molar-refractivity contribution is -0.120. The van der Waals surface area contributed by atoms with Gasteiger partial charge in [-0.3, -0.25) is 9.59 Å². The average molecular weight is 419 g/mol. The lowest BCUT2D eigenvalue weighted by Crippen LogP contribution is -2.41. The number of piperidine rings is 1.